The summed E-state index contributed by atoms with van der Waals surface area (Å²) >= 11 is 15.3. The van der Waals surface area contributed by atoms with Crippen LogP contribution >= 0.6 is 39.1 Å². The number of halogens is 3. The fraction of sp³-hybridized carbons (Fsp3) is 0.214. The van der Waals surface area contributed by atoms with E-state index in [9.17, 15) is 9.59 Å². The van der Waals surface area contributed by atoms with E-state index >= 15 is 0 Å². The van der Waals surface area contributed by atoms with Crippen LogP contribution in [0.25, 0.3) is 11.2 Å². The van der Waals surface area contributed by atoms with Crippen LogP contribution in [0.5, 0.6) is 0 Å². The Hall–Kier alpha value is -1.57. The summed E-state index contributed by atoms with van der Waals surface area (Å²) in [6.45, 7) is 0.363. The zero-order chi connectivity index (χ0) is 16.9. The Morgan fingerprint density at radius 3 is 2.48 bits per heavy atom. The van der Waals surface area contributed by atoms with Crippen molar-refractivity contribution in [3.05, 3.63) is 59.4 Å². The van der Waals surface area contributed by atoms with E-state index in [1.165, 1.54) is 11.6 Å². The van der Waals surface area contributed by atoms with Crippen molar-refractivity contribution in [3.8, 4) is 0 Å². The molecule has 9 heteroatoms. The van der Waals surface area contributed by atoms with Crippen LogP contribution in [0, 0.1) is 0 Å². The molecule has 0 bridgehead atoms. The molecule has 0 radical (unpaired) electrons. The Morgan fingerprint density at radius 1 is 1.13 bits per heavy atom. The first kappa shape index (κ1) is 16.3. The van der Waals surface area contributed by atoms with E-state index in [0.717, 1.165) is 10.1 Å². The topological polar surface area (TPSA) is 61.8 Å². The summed E-state index contributed by atoms with van der Waals surface area (Å²) in [5.74, 6) is 0. The molecule has 0 saturated heterocycles. The largest absolute Gasteiger partial charge is 0.332 e. The highest BCUT2D eigenvalue weighted by atomic mass is 79.9. The molecule has 3 rings (SSSR count). The molecular weight excluding hydrogens is 407 g/mol. The summed E-state index contributed by atoms with van der Waals surface area (Å²) in [4.78, 5) is 28.7. The average molecular weight is 418 g/mol. The molecule has 0 aliphatic rings. The Bertz CT molecular complexity index is 1050. The van der Waals surface area contributed by atoms with Crippen LogP contribution in [0.4, 0.5) is 0 Å². The van der Waals surface area contributed by atoms with E-state index in [1.54, 1.807) is 23.7 Å². The van der Waals surface area contributed by atoms with Gasteiger partial charge < -0.3 is 4.57 Å². The zero-order valence-electron chi connectivity index (χ0n) is 12.2. The molecule has 0 aliphatic heterocycles. The molecule has 2 heterocycles. The number of imidazole rings is 1. The lowest BCUT2D eigenvalue weighted by molar-refractivity contribution is 0.702. The minimum atomic E-state index is -0.422. The summed E-state index contributed by atoms with van der Waals surface area (Å²) in [6, 6.07) is 5.24. The van der Waals surface area contributed by atoms with E-state index < -0.39 is 11.2 Å². The van der Waals surface area contributed by atoms with Crippen molar-refractivity contribution in [1.82, 2.24) is 18.7 Å². The van der Waals surface area contributed by atoms with Crippen molar-refractivity contribution in [2.45, 2.75) is 6.54 Å². The highest BCUT2D eigenvalue weighted by Crippen LogP contribution is 2.24. The van der Waals surface area contributed by atoms with Gasteiger partial charge in [-0.3, -0.25) is 13.9 Å². The fourth-order valence-electron chi connectivity index (χ4n) is 2.38. The molecule has 3 aromatic rings. The van der Waals surface area contributed by atoms with E-state index in [2.05, 4.69) is 20.9 Å². The maximum Gasteiger partial charge on any atom is 0.332 e. The van der Waals surface area contributed by atoms with Crippen LogP contribution in [0.1, 0.15) is 5.56 Å². The van der Waals surface area contributed by atoms with Crippen LogP contribution in [0.3, 0.4) is 0 Å². The molecular formula is C14H11BrCl2N4O2. The summed E-state index contributed by atoms with van der Waals surface area (Å²) in [5.41, 5.74) is 0.698. The number of hydrogen-bond acceptors (Lipinski definition) is 3. The molecule has 0 saturated carbocycles. The third-order valence-corrected chi connectivity index (χ3v) is 4.97. The lowest BCUT2D eigenvalue weighted by Gasteiger charge is -2.08. The van der Waals surface area contributed by atoms with Crippen LogP contribution in [0.2, 0.25) is 10.0 Å². The molecule has 0 unspecified atom stereocenters. The van der Waals surface area contributed by atoms with Gasteiger partial charge in [-0.15, -0.1) is 0 Å². The standard InChI is InChI=1S/C14H11BrCl2N4O2/c1-19-11-10(12(22)20(2)14(19)23)21(13(15)18-11)6-7-3-4-8(16)9(17)5-7/h3-5H,6H2,1-2H3. The zero-order valence-corrected chi connectivity index (χ0v) is 15.3. The van der Waals surface area contributed by atoms with Crippen molar-refractivity contribution < 1.29 is 0 Å². The molecule has 0 fully saturated rings. The molecule has 0 spiro atoms. The third-order valence-electron chi connectivity index (χ3n) is 3.63. The average Bonchev–Trinajstić information content (AvgIpc) is 2.84. The predicted molar refractivity (Wildman–Crippen MR) is 93.5 cm³/mol. The Morgan fingerprint density at radius 2 is 1.83 bits per heavy atom. The monoisotopic (exact) mass is 416 g/mol. The van der Waals surface area contributed by atoms with Crippen LogP contribution < -0.4 is 11.2 Å². The lowest BCUT2D eigenvalue weighted by Crippen LogP contribution is -2.37. The number of aromatic nitrogens is 4. The van der Waals surface area contributed by atoms with E-state index in [-0.39, 0.29) is 0 Å². The minimum Gasteiger partial charge on any atom is -0.308 e. The predicted octanol–water partition coefficient (Wildman–Crippen LogP) is 2.55. The van der Waals surface area contributed by atoms with Gasteiger partial charge in [0.1, 0.15) is 0 Å². The maximum absolute atomic E-state index is 12.5. The summed E-state index contributed by atoms with van der Waals surface area (Å²) in [5, 5.41) is 0.897. The second-order valence-electron chi connectivity index (χ2n) is 5.09. The Kier molecular flexibility index (Phi) is 4.12. The normalized spacial score (nSPS) is 11.3. The Balaban J connectivity index is 2.26. The lowest BCUT2D eigenvalue weighted by atomic mass is 10.2. The van der Waals surface area contributed by atoms with E-state index in [1.807, 2.05) is 6.07 Å². The van der Waals surface area contributed by atoms with Gasteiger partial charge in [0, 0.05) is 14.1 Å². The summed E-state index contributed by atoms with van der Waals surface area (Å²) in [7, 11) is 3.02. The smallest absolute Gasteiger partial charge is 0.308 e. The number of aryl methyl sites for hydroxylation is 1. The van der Waals surface area contributed by atoms with Gasteiger partial charge in [0.15, 0.2) is 15.9 Å². The molecule has 120 valence electrons. The quantitative estimate of drug-likeness (QED) is 0.602. The molecule has 6 nitrogen and oxygen atoms in total. The molecule has 0 atom stereocenters. The van der Waals surface area contributed by atoms with Gasteiger partial charge in [0.2, 0.25) is 0 Å². The van der Waals surface area contributed by atoms with Gasteiger partial charge in [-0.05, 0) is 33.6 Å². The highest BCUT2D eigenvalue weighted by molar-refractivity contribution is 9.10. The Labute approximate surface area is 149 Å². The van der Waals surface area contributed by atoms with Crippen molar-refractivity contribution in [3.63, 3.8) is 0 Å². The first-order chi connectivity index (χ1) is 10.8. The second-order valence-corrected chi connectivity index (χ2v) is 6.62. The minimum absolute atomic E-state index is 0.324. The van der Waals surface area contributed by atoms with Crippen molar-refractivity contribution >= 4 is 50.3 Å². The number of hydrogen-bond donors (Lipinski definition) is 0. The summed E-state index contributed by atoms with van der Waals surface area (Å²) < 4.78 is 4.54. The van der Waals surface area contributed by atoms with Crippen molar-refractivity contribution in [1.29, 1.82) is 0 Å². The van der Waals surface area contributed by atoms with Gasteiger partial charge in [0.05, 0.1) is 16.6 Å². The van der Waals surface area contributed by atoms with E-state index in [4.69, 9.17) is 23.2 Å². The van der Waals surface area contributed by atoms with Crippen LogP contribution in [-0.2, 0) is 20.6 Å². The van der Waals surface area contributed by atoms with Gasteiger partial charge in [-0.1, -0.05) is 29.3 Å². The SMILES string of the molecule is Cn1c(=O)c2c(nc(Br)n2Cc2ccc(Cl)c(Cl)c2)n(C)c1=O. The summed E-state index contributed by atoms with van der Waals surface area (Å²) in [6.07, 6.45) is 0. The molecule has 2 aromatic heterocycles. The molecule has 0 N–H and O–H groups in total. The van der Waals surface area contributed by atoms with Gasteiger partial charge in [-0.25, -0.2) is 9.78 Å². The van der Waals surface area contributed by atoms with Crippen LogP contribution in [0.15, 0.2) is 32.5 Å². The third kappa shape index (κ3) is 2.62. The molecule has 0 amide bonds. The van der Waals surface area contributed by atoms with Crippen LogP contribution in [-0.4, -0.2) is 18.7 Å². The van der Waals surface area contributed by atoms with Gasteiger partial charge in [-0.2, -0.15) is 0 Å². The molecule has 0 aliphatic carbocycles. The number of benzene rings is 1. The van der Waals surface area contributed by atoms with Crippen molar-refractivity contribution in [2.24, 2.45) is 14.1 Å². The van der Waals surface area contributed by atoms with Gasteiger partial charge >= 0.3 is 5.69 Å². The maximum atomic E-state index is 12.5. The second kappa shape index (κ2) is 5.81. The highest BCUT2D eigenvalue weighted by Gasteiger charge is 2.18. The molecule has 1 aromatic carbocycles. The van der Waals surface area contributed by atoms with E-state index in [0.29, 0.717) is 32.5 Å². The number of rotatable bonds is 2. The van der Waals surface area contributed by atoms with Gasteiger partial charge in [0.25, 0.3) is 5.56 Å². The first-order valence-electron chi connectivity index (χ1n) is 6.57. The fourth-order valence-corrected chi connectivity index (χ4v) is 3.18. The first-order valence-corrected chi connectivity index (χ1v) is 8.12. The number of nitrogens with zero attached hydrogens (tertiary/aromatic N) is 4. The number of fused-ring (bicyclic) bond motifs is 1. The molecule has 23 heavy (non-hydrogen) atoms. The van der Waals surface area contributed by atoms with Crippen molar-refractivity contribution in [2.75, 3.05) is 0 Å².